The Balaban J connectivity index is 1.70. The largest absolute Gasteiger partial charge is 0.378 e. The van der Waals surface area contributed by atoms with E-state index in [1.54, 1.807) is 30.5 Å². The number of nitrogens with one attached hydrogen (secondary N) is 1. The van der Waals surface area contributed by atoms with Crippen molar-refractivity contribution < 1.29 is 4.79 Å². The van der Waals surface area contributed by atoms with Crippen LogP contribution in [0.3, 0.4) is 0 Å². The van der Waals surface area contributed by atoms with E-state index in [9.17, 15) is 10.1 Å². The first-order chi connectivity index (χ1) is 14.4. The third-order valence-electron chi connectivity index (χ3n) is 4.23. The summed E-state index contributed by atoms with van der Waals surface area (Å²) in [6, 6.07) is 14.8. The molecule has 0 atom stereocenters. The van der Waals surface area contributed by atoms with Gasteiger partial charge >= 0.3 is 0 Å². The zero-order chi connectivity index (χ0) is 21.7. The van der Waals surface area contributed by atoms with Gasteiger partial charge in [0, 0.05) is 47.3 Å². The van der Waals surface area contributed by atoms with E-state index in [1.165, 1.54) is 11.3 Å². The second-order valence-corrected chi connectivity index (χ2v) is 8.61. The highest BCUT2D eigenvalue weighted by molar-refractivity contribution is 7.15. The topological polar surface area (TPSA) is 69.0 Å². The van der Waals surface area contributed by atoms with Gasteiger partial charge in [-0.25, -0.2) is 4.98 Å². The summed E-state index contributed by atoms with van der Waals surface area (Å²) >= 11 is 13.6. The first kappa shape index (κ1) is 21.8. The number of hydrogen-bond donors (Lipinski definition) is 1. The SMILES string of the molecule is CN(C)c1ccc(/C=C(\C#N)C(=O)Nc2ncc(Cc3cc(Cl)ccc3Cl)s2)cc1. The Hall–Kier alpha value is -2.85. The molecule has 0 fully saturated rings. The maximum atomic E-state index is 12.5. The second kappa shape index (κ2) is 9.77. The number of halogens is 2. The molecule has 0 radical (unpaired) electrons. The Morgan fingerprint density at radius 3 is 2.63 bits per heavy atom. The van der Waals surface area contributed by atoms with Crippen LogP contribution in [0.15, 0.2) is 54.2 Å². The summed E-state index contributed by atoms with van der Waals surface area (Å²) in [4.78, 5) is 19.6. The standard InChI is InChI=1S/C22H18Cl2N4OS/c1-28(2)18-6-3-14(4-7-18)9-16(12-25)21(29)27-22-26-13-19(30-22)11-15-10-17(23)5-8-20(15)24/h3-10,13H,11H2,1-2H3,(H,26,27,29)/b16-9+. The molecule has 0 aliphatic heterocycles. The van der Waals surface area contributed by atoms with E-state index in [4.69, 9.17) is 23.2 Å². The fourth-order valence-electron chi connectivity index (χ4n) is 2.66. The molecule has 0 saturated carbocycles. The minimum atomic E-state index is -0.504. The van der Waals surface area contributed by atoms with Crippen molar-refractivity contribution in [1.82, 2.24) is 4.98 Å². The van der Waals surface area contributed by atoms with Crippen LogP contribution in [0.2, 0.25) is 10.0 Å². The molecule has 1 heterocycles. The number of thiazole rings is 1. The highest BCUT2D eigenvalue weighted by Gasteiger charge is 2.13. The highest BCUT2D eigenvalue weighted by atomic mass is 35.5. The molecule has 8 heteroatoms. The number of nitrogens with zero attached hydrogens (tertiary/aromatic N) is 3. The molecule has 3 rings (SSSR count). The molecule has 1 N–H and O–H groups in total. The number of amides is 1. The molecule has 0 saturated heterocycles. The summed E-state index contributed by atoms with van der Waals surface area (Å²) in [6.45, 7) is 0. The van der Waals surface area contributed by atoms with E-state index >= 15 is 0 Å². The lowest BCUT2D eigenvalue weighted by atomic mass is 10.1. The van der Waals surface area contributed by atoms with Crippen LogP contribution in [0.4, 0.5) is 10.8 Å². The van der Waals surface area contributed by atoms with E-state index in [1.807, 2.05) is 49.3 Å². The zero-order valence-corrected chi connectivity index (χ0v) is 18.6. The zero-order valence-electron chi connectivity index (χ0n) is 16.3. The Bertz CT molecular complexity index is 1130. The Morgan fingerprint density at radius 2 is 1.97 bits per heavy atom. The predicted octanol–water partition coefficient (Wildman–Crippen LogP) is 5.65. The average Bonchev–Trinajstić information content (AvgIpc) is 3.15. The molecular weight excluding hydrogens is 439 g/mol. The van der Waals surface area contributed by atoms with Crippen LogP contribution in [0.25, 0.3) is 6.08 Å². The third kappa shape index (κ3) is 5.61. The lowest BCUT2D eigenvalue weighted by Gasteiger charge is -2.11. The first-order valence-corrected chi connectivity index (χ1v) is 10.5. The van der Waals surface area contributed by atoms with Gasteiger partial charge in [-0.2, -0.15) is 5.26 Å². The van der Waals surface area contributed by atoms with Crippen LogP contribution in [0.1, 0.15) is 16.0 Å². The Morgan fingerprint density at radius 1 is 1.23 bits per heavy atom. The monoisotopic (exact) mass is 456 g/mol. The summed E-state index contributed by atoms with van der Waals surface area (Å²) in [5.74, 6) is -0.504. The van der Waals surface area contributed by atoms with E-state index in [0.29, 0.717) is 21.6 Å². The van der Waals surface area contributed by atoms with Crippen LogP contribution in [0, 0.1) is 11.3 Å². The lowest BCUT2D eigenvalue weighted by Crippen LogP contribution is -2.13. The van der Waals surface area contributed by atoms with Crippen LogP contribution in [-0.4, -0.2) is 25.0 Å². The minimum absolute atomic E-state index is 0.00207. The van der Waals surface area contributed by atoms with E-state index < -0.39 is 5.91 Å². The van der Waals surface area contributed by atoms with Gasteiger partial charge in [-0.3, -0.25) is 10.1 Å². The molecule has 30 heavy (non-hydrogen) atoms. The molecule has 0 aliphatic rings. The lowest BCUT2D eigenvalue weighted by molar-refractivity contribution is -0.112. The van der Waals surface area contributed by atoms with Crippen LogP contribution >= 0.6 is 34.5 Å². The molecule has 5 nitrogen and oxygen atoms in total. The van der Waals surface area contributed by atoms with Crippen LogP contribution in [0.5, 0.6) is 0 Å². The molecule has 152 valence electrons. The van der Waals surface area contributed by atoms with Crippen molar-refractivity contribution in [3.63, 3.8) is 0 Å². The summed E-state index contributed by atoms with van der Waals surface area (Å²) in [5, 5.41) is 13.7. The quantitative estimate of drug-likeness (QED) is 0.384. The van der Waals surface area contributed by atoms with Crippen molar-refractivity contribution in [2.45, 2.75) is 6.42 Å². The van der Waals surface area contributed by atoms with Gasteiger partial charge in [0.05, 0.1) is 0 Å². The summed E-state index contributed by atoms with van der Waals surface area (Å²) < 4.78 is 0. The van der Waals surface area contributed by atoms with Crippen LogP contribution < -0.4 is 10.2 Å². The number of rotatable bonds is 6. The normalized spacial score (nSPS) is 11.1. The Kier molecular flexibility index (Phi) is 7.11. The van der Waals surface area contributed by atoms with Crippen molar-refractivity contribution in [2.75, 3.05) is 24.3 Å². The summed E-state index contributed by atoms with van der Waals surface area (Å²) in [6.07, 6.45) is 3.77. The van der Waals surface area contributed by atoms with Crippen LogP contribution in [-0.2, 0) is 11.2 Å². The number of aromatic nitrogens is 1. The van der Waals surface area contributed by atoms with Gasteiger partial charge in [-0.15, -0.1) is 11.3 Å². The van der Waals surface area contributed by atoms with Crippen molar-refractivity contribution in [1.29, 1.82) is 5.26 Å². The van der Waals surface area contributed by atoms with Gasteiger partial charge in [0.1, 0.15) is 11.6 Å². The number of anilines is 2. The fourth-order valence-corrected chi connectivity index (χ4v) is 3.87. The molecule has 1 aromatic heterocycles. The predicted molar refractivity (Wildman–Crippen MR) is 124 cm³/mol. The first-order valence-electron chi connectivity index (χ1n) is 8.95. The third-order valence-corrected chi connectivity index (χ3v) is 5.75. The van der Waals surface area contributed by atoms with E-state index in [2.05, 4.69) is 10.3 Å². The molecule has 2 aromatic carbocycles. The summed E-state index contributed by atoms with van der Waals surface area (Å²) in [7, 11) is 3.89. The number of carbonyl (C=O) groups excluding carboxylic acids is 1. The van der Waals surface area contributed by atoms with Crippen molar-refractivity contribution in [2.24, 2.45) is 0 Å². The molecule has 0 unspecified atom stereocenters. The second-order valence-electron chi connectivity index (χ2n) is 6.65. The average molecular weight is 457 g/mol. The molecule has 0 spiro atoms. The maximum Gasteiger partial charge on any atom is 0.268 e. The number of carbonyl (C=O) groups is 1. The van der Waals surface area contributed by atoms with Gasteiger partial charge in [-0.05, 0) is 47.5 Å². The van der Waals surface area contributed by atoms with Crippen molar-refractivity contribution >= 4 is 57.3 Å². The minimum Gasteiger partial charge on any atom is -0.378 e. The maximum absolute atomic E-state index is 12.5. The number of nitriles is 1. The molecular formula is C22H18Cl2N4OS. The molecule has 3 aromatic rings. The van der Waals surface area contributed by atoms with Crippen molar-refractivity contribution in [3.8, 4) is 6.07 Å². The highest BCUT2D eigenvalue weighted by Crippen LogP contribution is 2.27. The van der Waals surface area contributed by atoms with Gasteiger partial charge < -0.3 is 4.90 Å². The van der Waals surface area contributed by atoms with Gasteiger partial charge in [0.2, 0.25) is 0 Å². The molecule has 0 aliphatic carbocycles. The van der Waals surface area contributed by atoms with Gasteiger partial charge in [0.25, 0.3) is 5.91 Å². The van der Waals surface area contributed by atoms with E-state index in [0.717, 1.165) is 21.7 Å². The van der Waals surface area contributed by atoms with E-state index in [-0.39, 0.29) is 5.57 Å². The molecule has 1 amide bonds. The van der Waals surface area contributed by atoms with Gasteiger partial charge in [0.15, 0.2) is 5.13 Å². The van der Waals surface area contributed by atoms with Crippen molar-refractivity contribution in [3.05, 3.63) is 80.3 Å². The van der Waals surface area contributed by atoms with Gasteiger partial charge in [-0.1, -0.05) is 35.3 Å². The summed E-state index contributed by atoms with van der Waals surface area (Å²) in [5.41, 5.74) is 2.68. The fraction of sp³-hybridized carbons (Fsp3) is 0.136. The number of benzene rings is 2. The number of hydrogen-bond acceptors (Lipinski definition) is 5. The smallest absolute Gasteiger partial charge is 0.268 e. The molecule has 0 bridgehead atoms. The Labute approximate surface area is 189 Å².